The van der Waals surface area contributed by atoms with Gasteiger partial charge in [0.2, 0.25) is 5.91 Å². The van der Waals surface area contributed by atoms with Gasteiger partial charge in [0.1, 0.15) is 0 Å². The number of likely N-dealkylation sites (N-methyl/N-ethyl adjacent to an activating group) is 1. The van der Waals surface area contributed by atoms with Crippen molar-refractivity contribution >= 4 is 5.91 Å². The van der Waals surface area contributed by atoms with Gasteiger partial charge in [0.15, 0.2) is 0 Å². The number of hydrogen-bond donors (Lipinski definition) is 2. The van der Waals surface area contributed by atoms with Crippen molar-refractivity contribution in [2.45, 2.75) is 19.8 Å². The predicted molar refractivity (Wildman–Crippen MR) is 46.1 cm³/mol. The SMILES string of the molecule is C=C(CCCN)C(=O)NCC. The van der Waals surface area contributed by atoms with E-state index in [1.807, 2.05) is 6.92 Å². The van der Waals surface area contributed by atoms with Gasteiger partial charge in [-0.25, -0.2) is 0 Å². The maximum absolute atomic E-state index is 11.0. The lowest BCUT2D eigenvalue weighted by Crippen LogP contribution is -2.24. The van der Waals surface area contributed by atoms with Crippen LogP contribution in [0.4, 0.5) is 0 Å². The summed E-state index contributed by atoms with van der Waals surface area (Å²) in [5.41, 5.74) is 5.90. The third-order valence-corrected chi connectivity index (χ3v) is 1.34. The number of carbonyl (C=O) groups is 1. The van der Waals surface area contributed by atoms with Crippen LogP contribution >= 0.6 is 0 Å². The standard InChI is InChI=1S/C8H16N2O/c1-3-10-8(11)7(2)5-4-6-9/h2-6,9H2,1H3,(H,10,11). The summed E-state index contributed by atoms with van der Waals surface area (Å²) in [4.78, 5) is 11.0. The molecule has 0 rings (SSSR count). The lowest BCUT2D eigenvalue weighted by molar-refractivity contribution is -0.117. The number of nitrogens with two attached hydrogens (primary N) is 1. The van der Waals surface area contributed by atoms with Crippen molar-refractivity contribution in [2.24, 2.45) is 5.73 Å². The normalized spacial score (nSPS) is 9.27. The van der Waals surface area contributed by atoms with Crippen LogP contribution in [0.25, 0.3) is 0 Å². The molecule has 0 radical (unpaired) electrons. The molecule has 0 aromatic rings. The molecule has 0 spiro atoms. The zero-order chi connectivity index (χ0) is 8.69. The molecule has 0 aromatic carbocycles. The van der Waals surface area contributed by atoms with Gasteiger partial charge in [0.05, 0.1) is 0 Å². The summed E-state index contributed by atoms with van der Waals surface area (Å²) < 4.78 is 0. The molecule has 1 amide bonds. The van der Waals surface area contributed by atoms with Gasteiger partial charge in [0.25, 0.3) is 0 Å². The first-order valence-electron chi connectivity index (χ1n) is 3.88. The van der Waals surface area contributed by atoms with Crippen LogP contribution in [0.2, 0.25) is 0 Å². The fraction of sp³-hybridized carbons (Fsp3) is 0.625. The highest BCUT2D eigenvalue weighted by molar-refractivity contribution is 5.92. The molecule has 0 saturated heterocycles. The summed E-state index contributed by atoms with van der Waals surface area (Å²) >= 11 is 0. The predicted octanol–water partition coefficient (Wildman–Crippen LogP) is 0.418. The van der Waals surface area contributed by atoms with Gasteiger partial charge in [0, 0.05) is 12.1 Å². The molecule has 64 valence electrons. The third kappa shape index (κ3) is 4.56. The minimum absolute atomic E-state index is 0.0547. The van der Waals surface area contributed by atoms with Crippen LogP contribution in [-0.2, 0) is 4.79 Å². The van der Waals surface area contributed by atoms with Crippen molar-refractivity contribution in [3.8, 4) is 0 Å². The number of rotatable bonds is 5. The summed E-state index contributed by atoms with van der Waals surface area (Å²) in [7, 11) is 0. The zero-order valence-electron chi connectivity index (χ0n) is 7.02. The minimum atomic E-state index is -0.0547. The van der Waals surface area contributed by atoms with Gasteiger partial charge < -0.3 is 11.1 Å². The topological polar surface area (TPSA) is 55.1 Å². The number of carbonyl (C=O) groups excluding carboxylic acids is 1. The van der Waals surface area contributed by atoms with E-state index in [0.717, 1.165) is 6.42 Å². The molecule has 0 unspecified atom stereocenters. The maximum atomic E-state index is 11.0. The molecule has 0 aromatic heterocycles. The molecule has 0 fully saturated rings. The van der Waals surface area contributed by atoms with Gasteiger partial charge in [-0.2, -0.15) is 0 Å². The molecular formula is C8H16N2O. The Hall–Kier alpha value is -0.830. The fourth-order valence-electron chi connectivity index (χ4n) is 0.715. The first-order chi connectivity index (χ1) is 5.22. The van der Waals surface area contributed by atoms with Crippen molar-refractivity contribution in [1.29, 1.82) is 0 Å². The molecule has 0 aliphatic rings. The van der Waals surface area contributed by atoms with Gasteiger partial charge in [-0.3, -0.25) is 4.79 Å². The van der Waals surface area contributed by atoms with Crippen LogP contribution < -0.4 is 11.1 Å². The van der Waals surface area contributed by atoms with E-state index < -0.39 is 0 Å². The maximum Gasteiger partial charge on any atom is 0.246 e. The van der Waals surface area contributed by atoms with E-state index in [1.54, 1.807) is 0 Å². The quantitative estimate of drug-likeness (QED) is 0.567. The Morgan fingerprint density at radius 1 is 1.64 bits per heavy atom. The van der Waals surface area contributed by atoms with Crippen molar-refractivity contribution in [1.82, 2.24) is 5.32 Å². The number of amides is 1. The summed E-state index contributed by atoms with van der Waals surface area (Å²) in [6.07, 6.45) is 1.53. The van der Waals surface area contributed by atoms with Gasteiger partial charge in [-0.05, 0) is 26.3 Å². The van der Waals surface area contributed by atoms with Crippen molar-refractivity contribution in [3.63, 3.8) is 0 Å². The van der Waals surface area contributed by atoms with E-state index in [4.69, 9.17) is 5.73 Å². The summed E-state index contributed by atoms with van der Waals surface area (Å²) in [5.74, 6) is -0.0547. The van der Waals surface area contributed by atoms with Gasteiger partial charge in [-0.15, -0.1) is 0 Å². The van der Waals surface area contributed by atoms with E-state index >= 15 is 0 Å². The largest absolute Gasteiger partial charge is 0.353 e. The van der Waals surface area contributed by atoms with Crippen LogP contribution in [0.1, 0.15) is 19.8 Å². The van der Waals surface area contributed by atoms with Crippen molar-refractivity contribution < 1.29 is 4.79 Å². The van der Waals surface area contributed by atoms with E-state index in [9.17, 15) is 4.79 Å². The van der Waals surface area contributed by atoms with E-state index in [0.29, 0.717) is 25.1 Å². The first kappa shape index (κ1) is 10.2. The van der Waals surface area contributed by atoms with E-state index in [2.05, 4.69) is 11.9 Å². The smallest absolute Gasteiger partial charge is 0.246 e. The molecule has 0 aliphatic heterocycles. The highest BCUT2D eigenvalue weighted by atomic mass is 16.1. The first-order valence-corrected chi connectivity index (χ1v) is 3.88. The fourth-order valence-corrected chi connectivity index (χ4v) is 0.715. The lowest BCUT2D eigenvalue weighted by atomic mass is 10.1. The van der Waals surface area contributed by atoms with E-state index in [1.165, 1.54) is 0 Å². The molecule has 0 aliphatic carbocycles. The average molecular weight is 156 g/mol. The Morgan fingerprint density at radius 2 is 2.27 bits per heavy atom. The molecule has 11 heavy (non-hydrogen) atoms. The highest BCUT2D eigenvalue weighted by Gasteiger charge is 2.02. The van der Waals surface area contributed by atoms with Crippen molar-refractivity contribution in [3.05, 3.63) is 12.2 Å². The Bertz CT molecular complexity index is 143. The van der Waals surface area contributed by atoms with Gasteiger partial charge in [-0.1, -0.05) is 6.58 Å². The molecule has 3 nitrogen and oxygen atoms in total. The second-order valence-electron chi connectivity index (χ2n) is 2.36. The molecule has 0 saturated carbocycles. The Labute approximate surface area is 67.7 Å². The summed E-state index contributed by atoms with van der Waals surface area (Å²) in [6.45, 7) is 6.79. The Morgan fingerprint density at radius 3 is 2.73 bits per heavy atom. The lowest BCUT2D eigenvalue weighted by Gasteiger charge is -2.03. The van der Waals surface area contributed by atoms with E-state index in [-0.39, 0.29) is 5.91 Å². The van der Waals surface area contributed by atoms with Gasteiger partial charge >= 0.3 is 0 Å². The Kier molecular flexibility index (Phi) is 5.47. The molecule has 3 N–H and O–H groups in total. The summed E-state index contributed by atoms with van der Waals surface area (Å²) in [5, 5.41) is 2.67. The van der Waals surface area contributed by atoms with Crippen LogP contribution in [0.15, 0.2) is 12.2 Å². The second-order valence-corrected chi connectivity index (χ2v) is 2.36. The van der Waals surface area contributed by atoms with Crippen LogP contribution in [-0.4, -0.2) is 19.0 Å². The molecule has 0 heterocycles. The second kappa shape index (κ2) is 5.92. The number of nitrogens with one attached hydrogen (secondary N) is 1. The molecule has 0 atom stereocenters. The van der Waals surface area contributed by atoms with Crippen molar-refractivity contribution in [2.75, 3.05) is 13.1 Å². The van der Waals surface area contributed by atoms with Crippen LogP contribution in [0.3, 0.4) is 0 Å². The molecular weight excluding hydrogens is 140 g/mol. The summed E-state index contributed by atoms with van der Waals surface area (Å²) in [6, 6.07) is 0. The average Bonchev–Trinajstić information content (AvgIpc) is 2.00. The highest BCUT2D eigenvalue weighted by Crippen LogP contribution is 2.00. The zero-order valence-corrected chi connectivity index (χ0v) is 7.02. The monoisotopic (exact) mass is 156 g/mol. The molecule has 3 heteroatoms. The Balaban J connectivity index is 3.56. The minimum Gasteiger partial charge on any atom is -0.353 e. The third-order valence-electron chi connectivity index (χ3n) is 1.34. The van der Waals surface area contributed by atoms with Crippen LogP contribution in [0.5, 0.6) is 0 Å². The molecule has 0 bridgehead atoms. The number of hydrogen-bond acceptors (Lipinski definition) is 2. The van der Waals surface area contributed by atoms with Crippen LogP contribution in [0, 0.1) is 0 Å².